The van der Waals surface area contributed by atoms with Gasteiger partial charge in [0.2, 0.25) is 0 Å². The van der Waals surface area contributed by atoms with E-state index in [0.717, 1.165) is 24.2 Å². The molecule has 0 aliphatic carbocycles. The highest BCUT2D eigenvalue weighted by Crippen LogP contribution is 2.11. The molecule has 0 N–H and O–H groups in total. The van der Waals surface area contributed by atoms with Crippen LogP contribution >= 0.6 is 22.6 Å². The number of hydrogen-bond acceptors (Lipinski definition) is 3. The van der Waals surface area contributed by atoms with Crippen LogP contribution in [0.2, 0.25) is 0 Å². The zero-order chi connectivity index (χ0) is 12.0. The van der Waals surface area contributed by atoms with Crippen molar-refractivity contribution in [1.82, 2.24) is 0 Å². The maximum Gasteiger partial charge on any atom is 0.168 e. The van der Waals surface area contributed by atoms with E-state index < -0.39 is 10.7 Å². The van der Waals surface area contributed by atoms with Crippen molar-refractivity contribution in [2.24, 2.45) is 0 Å². The van der Waals surface area contributed by atoms with Crippen molar-refractivity contribution in [3.8, 4) is 0 Å². The fourth-order valence-electron chi connectivity index (χ4n) is 1.22. The van der Waals surface area contributed by atoms with Gasteiger partial charge in [-0.25, -0.2) is 8.42 Å². The Morgan fingerprint density at radius 3 is 2.44 bits per heavy atom. The summed E-state index contributed by atoms with van der Waals surface area (Å²) >= 11 is 2.12. The summed E-state index contributed by atoms with van der Waals surface area (Å²) in [6.07, 6.45) is 1.57. The standard InChI is InChI=1S/C11H13IO3S/c1-9(15-8-12)2-3-10-4-6-11(7-5-10)16(13)14/h4-7,16H,1-3,8H2. The van der Waals surface area contributed by atoms with Gasteiger partial charge in [0.25, 0.3) is 0 Å². The Morgan fingerprint density at radius 1 is 1.31 bits per heavy atom. The van der Waals surface area contributed by atoms with Crippen LogP contribution in [-0.2, 0) is 21.9 Å². The van der Waals surface area contributed by atoms with Gasteiger partial charge in [0, 0.05) is 6.42 Å². The Hall–Kier alpha value is -0.560. The highest BCUT2D eigenvalue weighted by Gasteiger charge is 1.99. The molecule has 88 valence electrons. The quantitative estimate of drug-likeness (QED) is 0.370. The molecule has 0 aliphatic rings. The minimum atomic E-state index is -2.48. The second-order valence-electron chi connectivity index (χ2n) is 3.22. The molecule has 1 rings (SSSR count). The molecule has 0 saturated heterocycles. The molecule has 0 atom stereocenters. The first-order valence-corrected chi connectivity index (χ1v) is 7.43. The second kappa shape index (κ2) is 6.90. The first-order valence-electron chi connectivity index (χ1n) is 4.73. The van der Waals surface area contributed by atoms with Crippen molar-refractivity contribution in [2.45, 2.75) is 17.7 Å². The molecule has 0 aliphatic heterocycles. The van der Waals surface area contributed by atoms with Crippen molar-refractivity contribution in [2.75, 3.05) is 4.61 Å². The lowest BCUT2D eigenvalue weighted by molar-refractivity contribution is 0.270. The molecule has 0 unspecified atom stereocenters. The second-order valence-corrected chi connectivity index (χ2v) is 4.87. The molecular weight excluding hydrogens is 339 g/mol. The number of aryl methyl sites for hydroxylation is 1. The normalized spacial score (nSPS) is 10.4. The number of halogens is 1. The van der Waals surface area contributed by atoms with Gasteiger partial charge in [0.15, 0.2) is 10.7 Å². The predicted molar refractivity (Wildman–Crippen MR) is 72.5 cm³/mol. The maximum absolute atomic E-state index is 10.7. The number of benzene rings is 1. The molecule has 1 aromatic carbocycles. The van der Waals surface area contributed by atoms with Gasteiger partial charge in [-0.3, -0.25) is 0 Å². The van der Waals surface area contributed by atoms with Gasteiger partial charge < -0.3 is 4.74 Å². The van der Waals surface area contributed by atoms with Crippen LogP contribution in [0.1, 0.15) is 12.0 Å². The summed E-state index contributed by atoms with van der Waals surface area (Å²) < 4.78 is 27.2. The minimum absolute atomic E-state index is 0.348. The van der Waals surface area contributed by atoms with Crippen LogP contribution in [-0.4, -0.2) is 13.0 Å². The predicted octanol–water partition coefficient (Wildman–Crippen LogP) is 2.51. The molecule has 0 bridgehead atoms. The summed E-state index contributed by atoms with van der Waals surface area (Å²) in [4.78, 5) is 0.348. The van der Waals surface area contributed by atoms with Crippen LogP contribution in [0.4, 0.5) is 0 Å². The number of hydrogen-bond donors (Lipinski definition) is 1. The van der Waals surface area contributed by atoms with Crippen LogP contribution in [0.3, 0.4) is 0 Å². The largest absolute Gasteiger partial charge is 0.488 e. The fraction of sp³-hybridized carbons (Fsp3) is 0.273. The lowest BCUT2D eigenvalue weighted by Crippen LogP contribution is -1.92. The molecule has 1 aromatic rings. The summed E-state index contributed by atoms with van der Waals surface area (Å²) in [5.41, 5.74) is 1.08. The number of thiol groups is 1. The zero-order valence-electron chi connectivity index (χ0n) is 8.69. The van der Waals surface area contributed by atoms with Gasteiger partial charge >= 0.3 is 0 Å². The molecule has 0 saturated carbocycles. The average Bonchev–Trinajstić information content (AvgIpc) is 2.27. The minimum Gasteiger partial charge on any atom is -0.488 e. The summed E-state index contributed by atoms with van der Waals surface area (Å²) in [5.74, 6) is 0.758. The Kier molecular flexibility index (Phi) is 5.83. The molecule has 0 fully saturated rings. The summed E-state index contributed by atoms with van der Waals surface area (Å²) in [7, 11) is -2.48. The van der Waals surface area contributed by atoms with E-state index in [1.165, 1.54) is 0 Å². The summed E-state index contributed by atoms with van der Waals surface area (Å²) in [6, 6.07) is 6.86. The van der Waals surface area contributed by atoms with Crippen LogP contribution in [0.25, 0.3) is 0 Å². The Morgan fingerprint density at radius 2 is 1.94 bits per heavy atom. The summed E-state index contributed by atoms with van der Waals surface area (Å²) in [6.45, 7) is 3.78. The molecule has 0 spiro atoms. The maximum atomic E-state index is 10.7. The van der Waals surface area contributed by atoms with Crippen molar-refractivity contribution in [3.63, 3.8) is 0 Å². The van der Waals surface area contributed by atoms with Crippen molar-refractivity contribution in [1.29, 1.82) is 0 Å². The van der Waals surface area contributed by atoms with Gasteiger partial charge in [0.05, 0.1) is 10.7 Å². The third kappa shape index (κ3) is 4.52. The van der Waals surface area contributed by atoms with E-state index in [9.17, 15) is 8.42 Å². The molecular formula is C11H13IO3S. The van der Waals surface area contributed by atoms with Gasteiger partial charge in [-0.05, 0) is 46.7 Å². The third-order valence-corrected chi connectivity index (χ3v) is 3.13. The smallest absolute Gasteiger partial charge is 0.168 e. The van der Waals surface area contributed by atoms with Gasteiger partial charge in [-0.1, -0.05) is 18.7 Å². The monoisotopic (exact) mass is 352 g/mol. The highest BCUT2D eigenvalue weighted by atomic mass is 127. The van der Waals surface area contributed by atoms with Crippen molar-refractivity contribution in [3.05, 3.63) is 42.2 Å². The van der Waals surface area contributed by atoms with Gasteiger partial charge in [0.1, 0.15) is 4.61 Å². The molecule has 0 radical (unpaired) electrons. The fourth-order valence-corrected chi connectivity index (χ4v) is 2.05. The van der Waals surface area contributed by atoms with E-state index in [4.69, 9.17) is 4.74 Å². The van der Waals surface area contributed by atoms with E-state index in [-0.39, 0.29) is 0 Å². The molecule has 3 nitrogen and oxygen atoms in total. The Bertz CT molecular complexity index is 415. The lowest BCUT2D eigenvalue weighted by atomic mass is 10.1. The van der Waals surface area contributed by atoms with Crippen LogP contribution < -0.4 is 0 Å². The van der Waals surface area contributed by atoms with E-state index in [0.29, 0.717) is 9.51 Å². The van der Waals surface area contributed by atoms with Gasteiger partial charge in [-0.2, -0.15) is 0 Å². The number of allylic oxidation sites excluding steroid dienone is 1. The van der Waals surface area contributed by atoms with E-state index in [1.807, 2.05) is 12.1 Å². The van der Waals surface area contributed by atoms with Crippen LogP contribution in [0, 0.1) is 0 Å². The van der Waals surface area contributed by atoms with E-state index in [1.54, 1.807) is 12.1 Å². The highest BCUT2D eigenvalue weighted by molar-refractivity contribution is 14.1. The van der Waals surface area contributed by atoms with Crippen LogP contribution in [0.5, 0.6) is 0 Å². The zero-order valence-corrected chi connectivity index (χ0v) is 11.7. The number of ether oxygens (including phenoxy) is 1. The first-order chi connectivity index (χ1) is 7.63. The Balaban J connectivity index is 2.52. The molecule has 0 aromatic heterocycles. The molecule has 5 heteroatoms. The van der Waals surface area contributed by atoms with E-state index in [2.05, 4.69) is 29.2 Å². The molecule has 0 amide bonds. The average molecular weight is 352 g/mol. The third-order valence-electron chi connectivity index (χ3n) is 2.10. The molecule has 0 heterocycles. The Labute approximate surface area is 111 Å². The van der Waals surface area contributed by atoms with Crippen molar-refractivity contribution >= 4 is 33.3 Å². The number of rotatable bonds is 6. The topological polar surface area (TPSA) is 43.4 Å². The molecule has 16 heavy (non-hydrogen) atoms. The summed E-state index contributed by atoms with van der Waals surface area (Å²) in [5, 5.41) is 0. The SMILES string of the molecule is C=C(CCc1ccc([SH](=O)=O)cc1)OCI. The van der Waals surface area contributed by atoms with Crippen molar-refractivity contribution < 1.29 is 13.2 Å². The van der Waals surface area contributed by atoms with Gasteiger partial charge in [-0.15, -0.1) is 0 Å². The van der Waals surface area contributed by atoms with Crippen LogP contribution in [0.15, 0.2) is 41.5 Å². The van der Waals surface area contributed by atoms with E-state index >= 15 is 0 Å². The lowest BCUT2D eigenvalue weighted by Gasteiger charge is -2.05. The first kappa shape index (κ1) is 13.5. The number of alkyl halides is 1.